The molecule has 0 spiro atoms. The van der Waals surface area contributed by atoms with Gasteiger partial charge < -0.3 is 14.2 Å². The Morgan fingerprint density at radius 1 is 0.800 bits per heavy atom. The summed E-state index contributed by atoms with van der Waals surface area (Å²) in [5, 5.41) is 3.08. The van der Waals surface area contributed by atoms with Gasteiger partial charge in [0.15, 0.2) is 11.7 Å². The average molecular weight is 534 g/mol. The Kier molecular flexibility index (Phi) is 9.97. The minimum atomic E-state index is -0.547. The number of nitrogens with one attached hydrogen (secondary N) is 3. The number of carbonyl (C=O) groups excluding carboxylic acids is 2. The van der Waals surface area contributed by atoms with Crippen molar-refractivity contribution in [2.75, 3.05) is 19.8 Å². The second-order valence-electron chi connectivity index (χ2n) is 6.83. The lowest BCUT2D eigenvalue weighted by molar-refractivity contribution is -0.123. The Labute approximate surface area is 217 Å². The molecule has 0 atom stereocenters. The zero-order chi connectivity index (χ0) is 25.0. The first-order valence-electron chi connectivity index (χ1n) is 10.3. The van der Waals surface area contributed by atoms with E-state index in [1.54, 1.807) is 36.4 Å². The lowest BCUT2D eigenvalue weighted by atomic mass is 10.2. The largest absolute Gasteiger partial charge is 0.490 e. The third-order valence-electron chi connectivity index (χ3n) is 4.28. The van der Waals surface area contributed by atoms with Crippen LogP contribution >= 0.6 is 35.4 Å². The van der Waals surface area contributed by atoms with Crippen LogP contribution in [-0.4, -0.2) is 36.7 Å². The highest BCUT2D eigenvalue weighted by Crippen LogP contribution is 2.27. The van der Waals surface area contributed by atoms with Crippen molar-refractivity contribution in [3.05, 3.63) is 88.4 Å². The molecule has 0 heterocycles. The number of halogens is 2. The topological polar surface area (TPSA) is 97.9 Å². The monoisotopic (exact) mass is 533 g/mol. The van der Waals surface area contributed by atoms with Crippen molar-refractivity contribution in [3.63, 3.8) is 0 Å². The molecule has 0 aromatic heterocycles. The molecule has 35 heavy (non-hydrogen) atoms. The van der Waals surface area contributed by atoms with Gasteiger partial charge in [-0.3, -0.25) is 25.8 Å². The fourth-order valence-electron chi connectivity index (χ4n) is 2.71. The van der Waals surface area contributed by atoms with Gasteiger partial charge in [-0.15, -0.1) is 0 Å². The third-order valence-corrected chi connectivity index (χ3v) is 5.01. The Morgan fingerprint density at radius 2 is 1.51 bits per heavy atom. The van der Waals surface area contributed by atoms with E-state index in [0.29, 0.717) is 23.1 Å². The molecule has 3 rings (SSSR count). The predicted molar refractivity (Wildman–Crippen MR) is 137 cm³/mol. The van der Waals surface area contributed by atoms with Crippen LogP contribution < -0.4 is 30.4 Å². The summed E-state index contributed by atoms with van der Waals surface area (Å²) in [5.41, 5.74) is 5.03. The van der Waals surface area contributed by atoms with Gasteiger partial charge in [-0.1, -0.05) is 53.5 Å². The molecule has 3 aromatic carbocycles. The number of hydrogen-bond donors (Lipinski definition) is 3. The molecule has 182 valence electrons. The second-order valence-corrected chi connectivity index (χ2v) is 8.08. The maximum Gasteiger partial charge on any atom is 0.276 e. The molecule has 0 saturated heterocycles. The van der Waals surface area contributed by atoms with E-state index in [-0.39, 0.29) is 28.9 Å². The van der Waals surface area contributed by atoms with E-state index in [4.69, 9.17) is 49.6 Å². The standard InChI is InChI=1S/C24H21Cl2N3O5S/c25-16-10-11-21(19(26)14-16)34-15-22(30)28-29-24(35)27-23(31)18-8-4-5-9-20(18)33-13-12-32-17-6-2-1-3-7-17/h1-11,14H,12-13,15H2,(H,28,30)(H2,27,29,31,35). The molecular formula is C24H21Cl2N3O5S. The highest BCUT2D eigenvalue weighted by atomic mass is 35.5. The van der Waals surface area contributed by atoms with E-state index in [9.17, 15) is 9.59 Å². The number of thiocarbonyl (C=S) groups is 1. The van der Waals surface area contributed by atoms with Crippen molar-refractivity contribution in [1.82, 2.24) is 16.2 Å². The summed E-state index contributed by atoms with van der Waals surface area (Å²) in [6.07, 6.45) is 0. The summed E-state index contributed by atoms with van der Waals surface area (Å²) < 4.78 is 16.6. The van der Waals surface area contributed by atoms with Crippen molar-refractivity contribution in [2.24, 2.45) is 0 Å². The normalized spacial score (nSPS) is 10.1. The summed E-state index contributed by atoms with van der Waals surface area (Å²) >= 11 is 16.9. The zero-order valence-electron chi connectivity index (χ0n) is 18.3. The van der Waals surface area contributed by atoms with E-state index >= 15 is 0 Å². The lowest BCUT2D eigenvalue weighted by Crippen LogP contribution is -2.49. The summed E-state index contributed by atoms with van der Waals surface area (Å²) in [5.74, 6) is 0.326. The molecule has 11 heteroatoms. The summed E-state index contributed by atoms with van der Waals surface area (Å²) in [4.78, 5) is 24.6. The molecule has 2 amide bonds. The number of benzene rings is 3. The van der Waals surface area contributed by atoms with E-state index in [1.165, 1.54) is 6.07 Å². The lowest BCUT2D eigenvalue weighted by Gasteiger charge is -2.14. The van der Waals surface area contributed by atoms with Gasteiger partial charge in [-0.05, 0) is 54.7 Å². The van der Waals surface area contributed by atoms with Crippen LogP contribution in [0.4, 0.5) is 0 Å². The minimum absolute atomic E-state index is 0.116. The van der Waals surface area contributed by atoms with Crippen LogP contribution in [-0.2, 0) is 4.79 Å². The maximum atomic E-state index is 12.6. The van der Waals surface area contributed by atoms with Gasteiger partial charge in [0.2, 0.25) is 0 Å². The SMILES string of the molecule is O=C(COc1ccc(Cl)cc1Cl)NNC(=S)NC(=O)c1ccccc1OCCOc1ccccc1. The second kappa shape index (κ2) is 13.4. The van der Waals surface area contributed by atoms with Gasteiger partial charge in [0.1, 0.15) is 30.5 Å². The average Bonchev–Trinajstić information content (AvgIpc) is 2.85. The number of hydrazine groups is 1. The van der Waals surface area contributed by atoms with Gasteiger partial charge >= 0.3 is 0 Å². The Bertz CT molecular complexity index is 1180. The summed E-state index contributed by atoms with van der Waals surface area (Å²) in [6, 6.07) is 20.6. The maximum absolute atomic E-state index is 12.6. The molecule has 0 aliphatic carbocycles. The van der Waals surface area contributed by atoms with Crippen LogP contribution in [0, 0.1) is 0 Å². The van der Waals surface area contributed by atoms with Gasteiger partial charge in [0, 0.05) is 5.02 Å². The first kappa shape index (κ1) is 26.1. The number of ether oxygens (including phenoxy) is 3. The van der Waals surface area contributed by atoms with Crippen molar-refractivity contribution >= 4 is 52.3 Å². The molecule has 0 bridgehead atoms. The van der Waals surface area contributed by atoms with E-state index in [1.807, 2.05) is 30.3 Å². The molecule has 0 aliphatic rings. The molecule has 0 aliphatic heterocycles. The molecule has 0 saturated carbocycles. The molecule has 0 fully saturated rings. The van der Waals surface area contributed by atoms with Crippen LogP contribution in [0.2, 0.25) is 10.0 Å². The van der Waals surface area contributed by atoms with Crippen LogP contribution in [0.15, 0.2) is 72.8 Å². The molecule has 8 nitrogen and oxygen atoms in total. The summed E-state index contributed by atoms with van der Waals surface area (Å²) in [7, 11) is 0. The molecule has 3 N–H and O–H groups in total. The quantitative estimate of drug-likeness (QED) is 0.216. The molecule has 3 aromatic rings. The van der Waals surface area contributed by atoms with Crippen molar-refractivity contribution < 1.29 is 23.8 Å². The first-order valence-corrected chi connectivity index (χ1v) is 11.5. The van der Waals surface area contributed by atoms with Crippen LogP contribution in [0.3, 0.4) is 0 Å². The molecule has 0 unspecified atom stereocenters. The van der Waals surface area contributed by atoms with Gasteiger partial charge in [-0.2, -0.15) is 0 Å². The number of hydrogen-bond acceptors (Lipinski definition) is 6. The first-order chi connectivity index (χ1) is 16.9. The zero-order valence-corrected chi connectivity index (χ0v) is 20.6. The smallest absolute Gasteiger partial charge is 0.276 e. The Hall–Kier alpha value is -3.53. The van der Waals surface area contributed by atoms with Crippen LogP contribution in [0.25, 0.3) is 0 Å². The van der Waals surface area contributed by atoms with E-state index in [0.717, 1.165) is 5.75 Å². The number of para-hydroxylation sites is 2. The fraction of sp³-hybridized carbons (Fsp3) is 0.125. The van der Waals surface area contributed by atoms with E-state index < -0.39 is 11.8 Å². The van der Waals surface area contributed by atoms with Gasteiger partial charge in [-0.25, -0.2) is 0 Å². The van der Waals surface area contributed by atoms with E-state index in [2.05, 4.69) is 16.2 Å². The van der Waals surface area contributed by atoms with Gasteiger partial charge in [0.05, 0.1) is 10.6 Å². The summed E-state index contributed by atoms with van der Waals surface area (Å²) in [6.45, 7) is 0.192. The van der Waals surface area contributed by atoms with Crippen LogP contribution in [0.1, 0.15) is 10.4 Å². The van der Waals surface area contributed by atoms with Crippen molar-refractivity contribution in [2.45, 2.75) is 0 Å². The predicted octanol–water partition coefficient (Wildman–Crippen LogP) is 4.17. The third kappa shape index (κ3) is 8.64. The number of rotatable bonds is 9. The number of amides is 2. The van der Waals surface area contributed by atoms with Crippen molar-refractivity contribution in [3.8, 4) is 17.2 Å². The Balaban J connectivity index is 1.42. The molecular weight excluding hydrogens is 513 g/mol. The highest BCUT2D eigenvalue weighted by Gasteiger charge is 2.14. The fourth-order valence-corrected chi connectivity index (χ4v) is 3.31. The highest BCUT2D eigenvalue weighted by molar-refractivity contribution is 7.80. The number of carbonyl (C=O) groups is 2. The van der Waals surface area contributed by atoms with Gasteiger partial charge in [0.25, 0.3) is 11.8 Å². The minimum Gasteiger partial charge on any atom is -0.490 e. The molecule has 0 radical (unpaired) electrons. The Morgan fingerprint density at radius 3 is 2.29 bits per heavy atom. The van der Waals surface area contributed by atoms with Crippen molar-refractivity contribution in [1.29, 1.82) is 0 Å². The van der Waals surface area contributed by atoms with Crippen LogP contribution in [0.5, 0.6) is 17.2 Å².